The van der Waals surface area contributed by atoms with Gasteiger partial charge in [0.15, 0.2) is 0 Å². The normalized spacial score (nSPS) is 19.4. The van der Waals surface area contributed by atoms with E-state index >= 15 is 0 Å². The number of likely N-dealkylation sites (tertiary alicyclic amines) is 1. The molecule has 0 saturated carbocycles. The van der Waals surface area contributed by atoms with Crippen LogP contribution >= 0.6 is 0 Å². The van der Waals surface area contributed by atoms with E-state index < -0.39 is 14.9 Å². The second-order valence-electron chi connectivity index (χ2n) is 5.43. The van der Waals surface area contributed by atoms with Gasteiger partial charge in [-0.15, -0.1) is 0 Å². The van der Waals surface area contributed by atoms with Gasteiger partial charge in [-0.3, -0.25) is 15.0 Å². The van der Waals surface area contributed by atoms with Crippen molar-refractivity contribution in [1.82, 2.24) is 9.62 Å². The number of para-hydroxylation sites is 1. The van der Waals surface area contributed by atoms with Gasteiger partial charge in [0.2, 0.25) is 10.0 Å². The maximum absolute atomic E-state index is 12.0. The standard InChI is InChI=1S/C15H21N3O4S/c1-2-16-23(21,22)14-9-11-17(12-14)10-5-7-13-6-3-4-8-15(13)18(19)20/h3-8,14,16H,2,9-12H2,1H3/b7-5+. The minimum atomic E-state index is -3.24. The highest BCUT2D eigenvalue weighted by Crippen LogP contribution is 2.20. The molecule has 1 atom stereocenters. The highest BCUT2D eigenvalue weighted by Gasteiger charge is 2.31. The van der Waals surface area contributed by atoms with E-state index in [-0.39, 0.29) is 10.9 Å². The molecule has 1 aromatic rings. The van der Waals surface area contributed by atoms with Gasteiger partial charge in [0, 0.05) is 25.7 Å². The molecular weight excluding hydrogens is 318 g/mol. The Morgan fingerprint density at radius 2 is 2.17 bits per heavy atom. The van der Waals surface area contributed by atoms with Crippen LogP contribution in [0.15, 0.2) is 30.3 Å². The van der Waals surface area contributed by atoms with E-state index in [2.05, 4.69) is 4.72 Å². The number of sulfonamides is 1. The van der Waals surface area contributed by atoms with Crippen molar-refractivity contribution in [3.05, 3.63) is 46.0 Å². The Morgan fingerprint density at radius 1 is 1.43 bits per heavy atom. The Morgan fingerprint density at radius 3 is 2.87 bits per heavy atom. The van der Waals surface area contributed by atoms with Crippen LogP contribution in [0, 0.1) is 10.1 Å². The lowest BCUT2D eigenvalue weighted by atomic mass is 10.1. The van der Waals surface area contributed by atoms with Crippen LogP contribution < -0.4 is 4.72 Å². The molecule has 1 fully saturated rings. The van der Waals surface area contributed by atoms with E-state index in [4.69, 9.17) is 0 Å². The van der Waals surface area contributed by atoms with E-state index in [9.17, 15) is 18.5 Å². The first kappa shape index (κ1) is 17.6. The predicted molar refractivity (Wildman–Crippen MR) is 89.6 cm³/mol. The molecular formula is C15H21N3O4S. The maximum atomic E-state index is 12.0. The van der Waals surface area contributed by atoms with Gasteiger partial charge in [0.1, 0.15) is 0 Å². The summed E-state index contributed by atoms with van der Waals surface area (Å²) in [5.74, 6) is 0. The molecule has 23 heavy (non-hydrogen) atoms. The van der Waals surface area contributed by atoms with Crippen molar-refractivity contribution >= 4 is 21.8 Å². The molecule has 0 aromatic heterocycles. The average Bonchev–Trinajstić information content (AvgIpc) is 2.97. The van der Waals surface area contributed by atoms with Gasteiger partial charge in [-0.05, 0) is 19.0 Å². The second kappa shape index (κ2) is 7.67. The summed E-state index contributed by atoms with van der Waals surface area (Å²) in [6, 6.07) is 6.54. The third-order valence-corrected chi connectivity index (χ3v) is 5.76. The van der Waals surface area contributed by atoms with Crippen LogP contribution in [0.4, 0.5) is 5.69 Å². The molecule has 0 amide bonds. The Bertz CT molecular complexity index is 688. The van der Waals surface area contributed by atoms with Gasteiger partial charge >= 0.3 is 0 Å². The average molecular weight is 339 g/mol. The van der Waals surface area contributed by atoms with Crippen molar-refractivity contribution < 1.29 is 13.3 Å². The highest BCUT2D eigenvalue weighted by molar-refractivity contribution is 7.90. The van der Waals surface area contributed by atoms with E-state index in [1.807, 2.05) is 11.0 Å². The summed E-state index contributed by atoms with van der Waals surface area (Å²) in [7, 11) is -3.24. The minimum Gasteiger partial charge on any atom is -0.298 e. The van der Waals surface area contributed by atoms with E-state index in [0.717, 1.165) is 0 Å². The molecule has 1 heterocycles. The second-order valence-corrected chi connectivity index (χ2v) is 7.48. The maximum Gasteiger partial charge on any atom is 0.276 e. The SMILES string of the molecule is CCNS(=O)(=O)C1CCN(C/C=C/c2ccccc2[N+](=O)[O-])C1. The summed E-state index contributed by atoms with van der Waals surface area (Å²) >= 11 is 0. The smallest absolute Gasteiger partial charge is 0.276 e. The van der Waals surface area contributed by atoms with Gasteiger partial charge in [-0.25, -0.2) is 13.1 Å². The number of nitrogens with zero attached hydrogens (tertiary/aromatic N) is 2. The van der Waals surface area contributed by atoms with Gasteiger partial charge < -0.3 is 0 Å². The number of hydrogen-bond donors (Lipinski definition) is 1. The molecule has 1 N–H and O–H groups in total. The molecule has 1 aromatic carbocycles. The summed E-state index contributed by atoms with van der Waals surface area (Å²) in [5.41, 5.74) is 0.617. The van der Waals surface area contributed by atoms with Crippen LogP contribution in [0.25, 0.3) is 6.08 Å². The number of nitrogens with one attached hydrogen (secondary N) is 1. The van der Waals surface area contributed by atoms with Gasteiger partial charge in [0.25, 0.3) is 5.69 Å². The minimum absolute atomic E-state index is 0.0674. The quantitative estimate of drug-likeness (QED) is 0.602. The first-order valence-electron chi connectivity index (χ1n) is 7.55. The zero-order chi connectivity index (χ0) is 16.9. The van der Waals surface area contributed by atoms with Crippen molar-refractivity contribution in [2.24, 2.45) is 0 Å². The van der Waals surface area contributed by atoms with E-state index in [1.54, 1.807) is 31.2 Å². The summed E-state index contributed by atoms with van der Waals surface area (Å²) in [5, 5.41) is 10.6. The molecule has 0 spiro atoms. The Balaban J connectivity index is 1.94. The number of benzene rings is 1. The first-order valence-corrected chi connectivity index (χ1v) is 9.09. The van der Waals surface area contributed by atoms with Gasteiger partial charge in [-0.2, -0.15) is 0 Å². The Kier molecular flexibility index (Phi) is 5.86. The highest BCUT2D eigenvalue weighted by atomic mass is 32.2. The Labute approximate surface area is 136 Å². The van der Waals surface area contributed by atoms with Crippen LogP contribution in [0.3, 0.4) is 0 Å². The molecule has 0 bridgehead atoms. The fourth-order valence-corrected chi connectivity index (χ4v) is 4.12. The molecule has 8 heteroatoms. The number of hydrogen-bond acceptors (Lipinski definition) is 5. The lowest BCUT2D eigenvalue weighted by Crippen LogP contribution is -2.36. The summed E-state index contributed by atoms with van der Waals surface area (Å²) in [4.78, 5) is 12.6. The zero-order valence-electron chi connectivity index (χ0n) is 13.0. The van der Waals surface area contributed by atoms with Crippen LogP contribution in [0.5, 0.6) is 0 Å². The van der Waals surface area contributed by atoms with E-state index in [0.29, 0.717) is 38.2 Å². The lowest BCUT2D eigenvalue weighted by molar-refractivity contribution is -0.385. The molecule has 2 rings (SSSR count). The molecule has 7 nitrogen and oxygen atoms in total. The van der Waals surface area contributed by atoms with Crippen LogP contribution in [-0.2, 0) is 10.0 Å². The third kappa shape index (κ3) is 4.60. The predicted octanol–water partition coefficient (Wildman–Crippen LogP) is 1.62. The van der Waals surface area contributed by atoms with Crippen LogP contribution in [-0.4, -0.2) is 49.7 Å². The molecule has 126 valence electrons. The molecule has 1 unspecified atom stereocenters. The van der Waals surface area contributed by atoms with Crippen molar-refractivity contribution in [2.75, 3.05) is 26.2 Å². The molecule has 1 aliphatic heterocycles. The van der Waals surface area contributed by atoms with Gasteiger partial charge in [0.05, 0.1) is 15.7 Å². The van der Waals surface area contributed by atoms with Crippen LogP contribution in [0.2, 0.25) is 0 Å². The van der Waals surface area contributed by atoms with Crippen molar-refractivity contribution in [3.63, 3.8) is 0 Å². The van der Waals surface area contributed by atoms with Crippen molar-refractivity contribution in [2.45, 2.75) is 18.6 Å². The number of nitro benzene ring substituents is 1. The van der Waals surface area contributed by atoms with E-state index in [1.165, 1.54) is 6.07 Å². The first-order chi connectivity index (χ1) is 10.9. The van der Waals surface area contributed by atoms with Crippen molar-refractivity contribution in [3.8, 4) is 0 Å². The number of rotatable bonds is 7. The third-order valence-electron chi connectivity index (χ3n) is 3.81. The molecule has 1 aliphatic rings. The monoisotopic (exact) mass is 339 g/mol. The topological polar surface area (TPSA) is 92.6 Å². The van der Waals surface area contributed by atoms with Crippen molar-refractivity contribution in [1.29, 1.82) is 0 Å². The Hall–Kier alpha value is -1.77. The largest absolute Gasteiger partial charge is 0.298 e. The molecule has 1 saturated heterocycles. The summed E-state index contributed by atoms with van der Waals surface area (Å²) in [6.45, 7) is 3.92. The lowest BCUT2D eigenvalue weighted by Gasteiger charge is -2.14. The molecule has 0 aliphatic carbocycles. The molecule has 0 radical (unpaired) electrons. The fourth-order valence-electron chi connectivity index (χ4n) is 2.66. The van der Waals surface area contributed by atoms with Crippen LogP contribution in [0.1, 0.15) is 18.9 Å². The summed E-state index contributed by atoms with van der Waals surface area (Å²) in [6.07, 6.45) is 4.16. The number of nitro groups is 1. The zero-order valence-corrected chi connectivity index (χ0v) is 13.8. The van der Waals surface area contributed by atoms with Gasteiger partial charge in [-0.1, -0.05) is 31.2 Å². The summed E-state index contributed by atoms with van der Waals surface area (Å²) < 4.78 is 26.5. The fraction of sp³-hybridized carbons (Fsp3) is 0.467.